The average molecular weight is 536 g/mol. The van der Waals surface area contributed by atoms with Gasteiger partial charge in [-0.2, -0.15) is 23.4 Å². The van der Waals surface area contributed by atoms with Crippen LogP contribution in [0.4, 0.5) is 23.4 Å². The number of alkyl halides is 3. The number of carbonyl (C=O) groups excluding carboxylic acids is 1. The van der Waals surface area contributed by atoms with Gasteiger partial charge in [0.1, 0.15) is 17.2 Å². The Morgan fingerprint density at radius 2 is 1.82 bits per heavy atom. The van der Waals surface area contributed by atoms with Gasteiger partial charge in [0, 0.05) is 18.7 Å². The summed E-state index contributed by atoms with van der Waals surface area (Å²) in [6, 6.07) is 11.5. The molecule has 1 aliphatic rings. The molecular weight excluding hydrogens is 516 g/mol. The first-order valence-electron chi connectivity index (χ1n) is 12.0. The van der Waals surface area contributed by atoms with Crippen LogP contribution in [0.2, 0.25) is 0 Å². The molecule has 0 aliphatic carbocycles. The molecule has 2 N–H and O–H groups in total. The van der Waals surface area contributed by atoms with Crippen molar-refractivity contribution in [1.82, 2.24) is 34.7 Å². The molecule has 0 saturated carbocycles. The number of nitrogens with one attached hydrogen (secondary N) is 2. The van der Waals surface area contributed by atoms with Crippen LogP contribution in [0, 0.1) is 12.7 Å². The van der Waals surface area contributed by atoms with E-state index < -0.39 is 17.8 Å². The molecule has 0 atom stereocenters. The second kappa shape index (κ2) is 9.27. The third-order valence-corrected chi connectivity index (χ3v) is 6.41. The molecule has 5 aromatic rings. The Balaban J connectivity index is 1.34. The Bertz CT molecular complexity index is 1720. The van der Waals surface area contributed by atoms with Crippen molar-refractivity contribution in [3.8, 4) is 22.5 Å². The summed E-state index contributed by atoms with van der Waals surface area (Å²) in [5.41, 5.74) is 3.06. The minimum Gasteiger partial charge on any atom is -0.309 e. The highest BCUT2D eigenvalue weighted by Crippen LogP contribution is 2.35. The zero-order valence-corrected chi connectivity index (χ0v) is 20.4. The molecule has 1 aliphatic heterocycles. The molecule has 0 bridgehead atoms. The summed E-state index contributed by atoms with van der Waals surface area (Å²) in [6.07, 6.45) is -3.10. The van der Waals surface area contributed by atoms with E-state index >= 15 is 0 Å². The number of carbonyl (C=O) groups is 1. The highest BCUT2D eigenvalue weighted by molar-refractivity contribution is 6.04. The van der Waals surface area contributed by atoms with E-state index in [1.54, 1.807) is 24.3 Å². The lowest BCUT2D eigenvalue weighted by molar-refractivity contribution is -0.141. The number of amides is 1. The van der Waals surface area contributed by atoms with Crippen LogP contribution in [0.25, 0.3) is 28.2 Å². The number of nitrogens with zero attached hydrogens (tertiary/aromatic N) is 6. The molecule has 9 nitrogen and oxygen atoms in total. The number of pyridine rings is 1. The van der Waals surface area contributed by atoms with Crippen molar-refractivity contribution in [3.63, 3.8) is 0 Å². The summed E-state index contributed by atoms with van der Waals surface area (Å²) in [5, 5.41) is 15.4. The predicted octanol–water partition coefficient (Wildman–Crippen LogP) is 4.48. The van der Waals surface area contributed by atoms with Crippen LogP contribution >= 0.6 is 0 Å². The van der Waals surface area contributed by atoms with Crippen molar-refractivity contribution in [1.29, 1.82) is 0 Å². The lowest BCUT2D eigenvalue weighted by atomic mass is 10.0. The zero-order valence-electron chi connectivity index (χ0n) is 20.4. The normalized spacial score (nSPS) is 13.5. The highest BCUT2D eigenvalue weighted by Gasteiger charge is 2.33. The van der Waals surface area contributed by atoms with E-state index in [0.29, 0.717) is 30.1 Å². The van der Waals surface area contributed by atoms with Gasteiger partial charge in [0.2, 0.25) is 0 Å². The molecular formula is C26H20F4N8O. The van der Waals surface area contributed by atoms with Crippen LogP contribution < -0.4 is 10.6 Å². The number of hydrogen-bond donors (Lipinski definition) is 2. The molecule has 6 rings (SSSR count). The van der Waals surface area contributed by atoms with E-state index in [2.05, 4.69) is 20.6 Å². The number of hydrogen-bond acceptors (Lipinski definition) is 6. The van der Waals surface area contributed by atoms with Gasteiger partial charge in [-0.1, -0.05) is 0 Å². The van der Waals surface area contributed by atoms with Gasteiger partial charge in [-0.15, -0.1) is 0 Å². The van der Waals surface area contributed by atoms with Gasteiger partial charge >= 0.3 is 6.18 Å². The Morgan fingerprint density at radius 1 is 1.03 bits per heavy atom. The first-order valence-corrected chi connectivity index (χ1v) is 12.0. The second-order valence-corrected chi connectivity index (χ2v) is 9.01. The monoisotopic (exact) mass is 536 g/mol. The molecule has 13 heteroatoms. The van der Waals surface area contributed by atoms with Crippen molar-refractivity contribution in [2.45, 2.75) is 26.2 Å². The van der Waals surface area contributed by atoms with Crippen LogP contribution in [0.5, 0.6) is 0 Å². The standard InChI is InChI=1S/C26H20F4N8O/c1-14-17(6-8-20(32-14)26(28,29)30)25(39)34-21-13-38-22(33-21)9-7-18(35-38)23-19-12-31-10-11-37(19)36-24(23)15-2-4-16(27)5-3-15/h2-9,13,31H,10-12H2,1H3,(H,34,39). The fourth-order valence-electron chi connectivity index (χ4n) is 4.55. The summed E-state index contributed by atoms with van der Waals surface area (Å²) >= 11 is 0. The van der Waals surface area contributed by atoms with Gasteiger partial charge in [-0.3, -0.25) is 9.48 Å². The van der Waals surface area contributed by atoms with Crippen LogP contribution in [-0.4, -0.2) is 41.8 Å². The molecule has 0 unspecified atom stereocenters. The van der Waals surface area contributed by atoms with Crippen LogP contribution in [-0.2, 0) is 19.3 Å². The second-order valence-electron chi connectivity index (χ2n) is 9.01. The number of halogens is 4. The van der Waals surface area contributed by atoms with E-state index in [1.807, 2.05) is 4.68 Å². The molecule has 5 heterocycles. The van der Waals surface area contributed by atoms with Crippen molar-refractivity contribution in [2.75, 3.05) is 11.9 Å². The fourth-order valence-corrected chi connectivity index (χ4v) is 4.55. The molecule has 1 aromatic carbocycles. The maximum atomic E-state index is 13.6. The topological polar surface area (TPSA) is 102 Å². The molecule has 39 heavy (non-hydrogen) atoms. The number of anilines is 1. The molecule has 4 aromatic heterocycles. The lowest BCUT2D eigenvalue weighted by Gasteiger charge is -2.15. The summed E-state index contributed by atoms with van der Waals surface area (Å²) in [6.45, 7) is 3.35. The lowest BCUT2D eigenvalue weighted by Crippen LogP contribution is -2.28. The first kappa shape index (κ1) is 24.7. The molecule has 0 radical (unpaired) electrons. The van der Waals surface area contributed by atoms with Gasteiger partial charge in [0.05, 0.1) is 41.0 Å². The van der Waals surface area contributed by atoms with Crippen LogP contribution in [0.1, 0.15) is 27.4 Å². The minimum atomic E-state index is -4.60. The fraction of sp³-hybridized carbons (Fsp3) is 0.192. The van der Waals surface area contributed by atoms with Crippen molar-refractivity contribution in [2.24, 2.45) is 0 Å². The van der Waals surface area contributed by atoms with Gasteiger partial charge < -0.3 is 10.6 Å². The maximum Gasteiger partial charge on any atom is 0.433 e. The predicted molar refractivity (Wildman–Crippen MR) is 133 cm³/mol. The Morgan fingerprint density at radius 3 is 2.56 bits per heavy atom. The quantitative estimate of drug-likeness (QED) is 0.329. The maximum absolute atomic E-state index is 13.6. The highest BCUT2D eigenvalue weighted by atomic mass is 19.4. The number of aryl methyl sites for hydroxylation is 1. The number of fused-ring (bicyclic) bond motifs is 2. The van der Waals surface area contributed by atoms with E-state index in [9.17, 15) is 22.4 Å². The number of rotatable bonds is 4. The Kier molecular flexibility index (Phi) is 5.87. The number of aromatic nitrogens is 6. The number of benzene rings is 1. The molecule has 198 valence electrons. The summed E-state index contributed by atoms with van der Waals surface area (Å²) in [4.78, 5) is 20.6. The first-order chi connectivity index (χ1) is 18.7. The summed E-state index contributed by atoms with van der Waals surface area (Å²) in [5.74, 6) is -0.824. The van der Waals surface area contributed by atoms with E-state index in [4.69, 9.17) is 10.2 Å². The van der Waals surface area contributed by atoms with Gasteiger partial charge in [-0.05, 0) is 55.5 Å². The SMILES string of the molecule is Cc1nc(C(F)(F)F)ccc1C(=O)Nc1cn2nc(-c3c(-c4ccc(F)cc4)nn4c3CNCC4)ccc2n1. The van der Waals surface area contributed by atoms with Gasteiger partial charge in [0.15, 0.2) is 11.5 Å². The minimum absolute atomic E-state index is 0.00310. The van der Waals surface area contributed by atoms with Gasteiger partial charge in [-0.25, -0.2) is 18.9 Å². The molecule has 0 fully saturated rings. The van der Waals surface area contributed by atoms with E-state index in [1.165, 1.54) is 29.8 Å². The third-order valence-electron chi connectivity index (χ3n) is 6.41. The number of imidazole rings is 1. The van der Waals surface area contributed by atoms with Crippen molar-refractivity contribution < 1.29 is 22.4 Å². The van der Waals surface area contributed by atoms with Crippen molar-refractivity contribution in [3.05, 3.63) is 83.2 Å². The van der Waals surface area contributed by atoms with E-state index in [-0.39, 0.29) is 22.9 Å². The Hall–Kier alpha value is -4.65. The summed E-state index contributed by atoms with van der Waals surface area (Å²) in [7, 11) is 0. The Labute approximate surface area is 218 Å². The largest absolute Gasteiger partial charge is 0.433 e. The summed E-state index contributed by atoms with van der Waals surface area (Å²) < 4.78 is 55.8. The van der Waals surface area contributed by atoms with Crippen LogP contribution in [0.15, 0.2) is 54.7 Å². The zero-order chi connectivity index (χ0) is 27.3. The molecule has 1 amide bonds. The van der Waals surface area contributed by atoms with Crippen molar-refractivity contribution >= 4 is 17.4 Å². The smallest absolute Gasteiger partial charge is 0.309 e. The molecule has 0 spiro atoms. The van der Waals surface area contributed by atoms with E-state index in [0.717, 1.165) is 35.5 Å². The van der Waals surface area contributed by atoms with Gasteiger partial charge in [0.25, 0.3) is 5.91 Å². The van der Waals surface area contributed by atoms with Crippen LogP contribution in [0.3, 0.4) is 0 Å². The average Bonchev–Trinajstić information content (AvgIpc) is 3.48. The third kappa shape index (κ3) is 4.61. The molecule has 0 saturated heterocycles.